The zero-order valence-corrected chi connectivity index (χ0v) is 30.4. The van der Waals surface area contributed by atoms with E-state index >= 15 is 0 Å². The molecule has 0 unspecified atom stereocenters. The summed E-state index contributed by atoms with van der Waals surface area (Å²) in [7, 11) is 0. The summed E-state index contributed by atoms with van der Waals surface area (Å²) in [5.41, 5.74) is 0.925. The normalized spacial score (nSPS) is 25.3. The van der Waals surface area contributed by atoms with Crippen molar-refractivity contribution in [2.45, 2.75) is 78.0 Å². The highest BCUT2D eigenvalue weighted by molar-refractivity contribution is 5.96. The summed E-state index contributed by atoms with van der Waals surface area (Å²) in [6.45, 7) is 10.4. The fourth-order valence-corrected chi connectivity index (χ4v) is 8.65. The maximum absolute atomic E-state index is 14.5. The number of hydrogen-bond acceptors (Lipinski definition) is 7. The van der Waals surface area contributed by atoms with Gasteiger partial charge < -0.3 is 29.5 Å². The van der Waals surface area contributed by atoms with E-state index in [1.54, 1.807) is 26.9 Å². The Morgan fingerprint density at radius 2 is 1.65 bits per heavy atom. The van der Waals surface area contributed by atoms with E-state index in [0.29, 0.717) is 70.6 Å². The van der Waals surface area contributed by atoms with Crippen LogP contribution in [0.5, 0.6) is 0 Å². The summed E-state index contributed by atoms with van der Waals surface area (Å²) in [4.78, 5) is 61.2. The Hall–Kier alpha value is -3.77. The third-order valence-electron chi connectivity index (χ3n) is 12.1. The van der Waals surface area contributed by atoms with Crippen LogP contribution in [-0.4, -0.2) is 119 Å². The highest BCUT2D eigenvalue weighted by atomic mass is 16.5. The minimum absolute atomic E-state index is 0.00492. The number of rotatable bonds is 11. The number of morpholine rings is 1. The Labute approximate surface area is 301 Å². The molecular formula is C39H54N6O6. The molecule has 12 heteroatoms. The molecule has 2 saturated carbocycles. The lowest BCUT2D eigenvalue weighted by atomic mass is 9.70. The molecule has 3 aliphatic heterocycles. The molecule has 5 fully saturated rings. The van der Waals surface area contributed by atoms with Gasteiger partial charge in [-0.15, -0.1) is 0 Å². The van der Waals surface area contributed by atoms with E-state index in [-0.39, 0.29) is 41.5 Å². The summed E-state index contributed by atoms with van der Waals surface area (Å²) < 4.78 is 13.6. The molecule has 1 aromatic carbocycles. The molecule has 4 heterocycles. The molecule has 51 heavy (non-hydrogen) atoms. The lowest BCUT2D eigenvalue weighted by Crippen LogP contribution is -2.65. The van der Waals surface area contributed by atoms with Crippen molar-refractivity contribution in [3.63, 3.8) is 0 Å². The van der Waals surface area contributed by atoms with Gasteiger partial charge in [0.15, 0.2) is 0 Å². The molecule has 7 rings (SSSR count). The maximum atomic E-state index is 14.5. The van der Waals surface area contributed by atoms with Crippen molar-refractivity contribution in [2.75, 3.05) is 59.1 Å². The first-order chi connectivity index (χ1) is 24.5. The number of nitrogens with zero attached hydrogens (tertiary/aromatic N) is 5. The maximum Gasteiger partial charge on any atom is 0.257 e. The highest BCUT2D eigenvalue weighted by Gasteiger charge is 2.62. The Morgan fingerprint density at radius 3 is 2.33 bits per heavy atom. The summed E-state index contributed by atoms with van der Waals surface area (Å²) >= 11 is 0. The predicted molar refractivity (Wildman–Crippen MR) is 189 cm³/mol. The van der Waals surface area contributed by atoms with E-state index in [4.69, 9.17) is 9.47 Å². The van der Waals surface area contributed by atoms with E-state index in [1.165, 1.54) is 19.3 Å². The number of benzene rings is 1. The zero-order chi connectivity index (χ0) is 35.8. The summed E-state index contributed by atoms with van der Waals surface area (Å²) in [5.74, 6) is -0.652. The smallest absolute Gasteiger partial charge is 0.257 e. The van der Waals surface area contributed by atoms with Crippen LogP contribution in [0.3, 0.4) is 0 Å². The Bertz CT molecular complexity index is 1580. The van der Waals surface area contributed by atoms with Gasteiger partial charge in [-0.2, -0.15) is 5.10 Å². The van der Waals surface area contributed by atoms with Gasteiger partial charge in [-0.05, 0) is 43.1 Å². The molecule has 0 radical (unpaired) electrons. The van der Waals surface area contributed by atoms with Gasteiger partial charge in [-0.3, -0.25) is 23.9 Å². The molecule has 4 amide bonds. The molecule has 4 atom stereocenters. The number of carbonyl (C=O) groups excluding carboxylic acids is 4. The third-order valence-corrected chi connectivity index (χ3v) is 12.1. The second-order valence-corrected chi connectivity index (χ2v) is 16.4. The van der Waals surface area contributed by atoms with Crippen LogP contribution in [0, 0.1) is 28.6 Å². The van der Waals surface area contributed by atoms with E-state index < -0.39 is 23.5 Å². The van der Waals surface area contributed by atoms with Gasteiger partial charge >= 0.3 is 0 Å². The third kappa shape index (κ3) is 7.72. The molecule has 1 spiro atoms. The topological polar surface area (TPSA) is 126 Å². The quantitative estimate of drug-likeness (QED) is 0.381. The first-order valence-electron chi connectivity index (χ1n) is 19.0. The summed E-state index contributed by atoms with van der Waals surface area (Å²) in [5, 5.41) is 7.59. The Kier molecular flexibility index (Phi) is 10.3. The molecule has 276 valence electrons. The monoisotopic (exact) mass is 702 g/mol. The number of likely N-dealkylation sites (tertiary alicyclic amines) is 2. The number of ether oxygens (including phenoxy) is 2. The van der Waals surface area contributed by atoms with Gasteiger partial charge in [0, 0.05) is 63.4 Å². The van der Waals surface area contributed by atoms with Crippen molar-refractivity contribution >= 4 is 23.6 Å². The SMILES string of the molecule is C[C@@H](OCC1CCCCC1)[C@H](NC(=O)[C@H]1CN(C(=O)c2cnn(Cc3ccccc3)c2)CC12CN(C(=O)[C@H]1CC1(C)C)C2)C(=O)N1CCOCC1. The van der Waals surface area contributed by atoms with Crippen molar-refractivity contribution in [1.82, 2.24) is 29.8 Å². The second-order valence-electron chi connectivity index (χ2n) is 16.4. The lowest BCUT2D eigenvalue weighted by molar-refractivity contribution is -0.153. The second kappa shape index (κ2) is 14.7. The van der Waals surface area contributed by atoms with Crippen LogP contribution in [0.25, 0.3) is 0 Å². The van der Waals surface area contributed by atoms with E-state index in [9.17, 15) is 19.2 Å². The van der Waals surface area contributed by atoms with Gasteiger partial charge in [0.1, 0.15) is 6.04 Å². The average Bonchev–Trinajstić information content (AvgIpc) is 3.42. The molecule has 0 bridgehead atoms. The standard InChI is InChI=1S/C39H54N6O6/c1-27(51-23-29-12-8-5-9-13-29)33(37(49)42-14-16-50-17-15-42)41-34(46)32-22-43(24-39(32)25-44(26-39)36(48)31-18-38(31,2)3)35(47)30-19-40-45(21-30)20-28-10-6-4-7-11-28/h4,6-7,10-11,19,21,27,29,31-33H,5,8-9,12-18,20,22-26H2,1-3H3,(H,41,46)/t27-,31-,32-,33+/m1/s1. The molecule has 2 aliphatic carbocycles. The van der Waals surface area contributed by atoms with Gasteiger partial charge in [0.25, 0.3) is 5.91 Å². The van der Waals surface area contributed by atoms with Gasteiger partial charge in [0.2, 0.25) is 17.7 Å². The first kappa shape index (κ1) is 35.6. The Morgan fingerprint density at radius 1 is 0.961 bits per heavy atom. The summed E-state index contributed by atoms with van der Waals surface area (Å²) in [6, 6.07) is 9.06. The van der Waals surface area contributed by atoms with Crippen molar-refractivity contribution < 1.29 is 28.7 Å². The largest absolute Gasteiger partial charge is 0.378 e. The highest BCUT2D eigenvalue weighted by Crippen LogP contribution is 2.54. The van der Waals surface area contributed by atoms with Crippen LogP contribution in [-0.2, 0) is 30.4 Å². The molecule has 12 nitrogen and oxygen atoms in total. The lowest BCUT2D eigenvalue weighted by Gasteiger charge is -2.50. The van der Waals surface area contributed by atoms with Crippen LogP contribution < -0.4 is 5.32 Å². The molecule has 5 aliphatic rings. The number of nitrogens with one attached hydrogen (secondary N) is 1. The minimum atomic E-state index is -0.873. The van der Waals surface area contributed by atoms with Crippen LogP contribution in [0.2, 0.25) is 0 Å². The molecule has 1 aromatic heterocycles. The van der Waals surface area contributed by atoms with Crippen LogP contribution >= 0.6 is 0 Å². The van der Waals surface area contributed by atoms with Crippen LogP contribution in [0.1, 0.15) is 75.2 Å². The van der Waals surface area contributed by atoms with Crippen molar-refractivity contribution in [3.8, 4) is 0 Å². The fraction of sp³-hybridized carbons (Fsp3) is 0.667. The predicted octanol–water partition coefficient (Wildman–Crippen LogP) is 3.21. The van der Waals surface area contributed by atoms with E-state index in [0.717, 1.165) is 24.8 Å². The Balaban J connectivity index is 1.08. The van der Waals surface area contributed by atoms with Gasteiger partial charge in [-0.1, -0.05) is 63.4 Å². The number of aromatic nitrogens is 2. The van der Waals surface area contributed by atoms with Crippen LogP contribution in [0.4, 0.5) is 0 Å². The molecular weight excluding hydrogens is 648 g/mol. The molecule has 3 saturated heterocycles. The van der Waals surface area contributed by atoms with Gasteiger partial charge in [0.05, 0.1) is 43.5 Å². The molecule has 2 aromatic rings. The number of hydrogen-bond donors (Lipinski definition) is 1. The fourth-order valence-electron chi connectivity index (χ4n) is 8.65. The molecule has 1 N–H and O–H groups in total. The van der Waals surface area contributed by atoms with E-state index in [2.05, 4.69) is 24.3 Å². The zero-order valence-electron chi connectivity index (χ0n) is 30.4. The van der Waals surface area contributed by atoms with Crippen LogP contribution in [0.15, 0.2) is 42.7 Å². The van der Waals surface area contributed by atoms with Gasteiger partial charge in [-0.25, -0.2) is 0 Å². The number of amides is 4. The number of carbonyl (C=O) groups is 4. The van der Waals surface area contributed by atoms with Crippen molar-refractivity contribution in [2.24, 2.45) is 28.6 Å². The van der Waals surface area contributed by atoms with Crippen molar-refractivity contribution in [1.29, 1.82) is 0 Å². The first-order valence-corrected chi connectivity index (χ1v) is 19.0. The minimum Gasteiger partial charge on any atom is -0.378 e. The summed E-state index contributed by atoms with van der Waals surface area (Å²) in [6.07, 6.45) is 9.54. The average molecular weight is 703 g/mol. The van der Waals surface area contributed by atoms with Crippen molar-refractivity contribution in [3.05, 3.63) is 53.9 Å². The van der Waals surface area contributed by atoms with E-state index in [1.807, 2.05) is 42.2 Å².